The molecule has 0 radical (unpaired) electrons. The summed E-state index contributed by atoms with van der Waals surface area (Å²) in [7, 11) is 0. The molecular weight excluding hydrogens is 353 g/mol. The molecule has 0 aliphatic carbocycles. The van der Waals surface area contributed by atoms with Crippen LogP contribution in [-0.2, 0) is 0 Å². The van der Waals surface area contributed by atoms with Crippen molar-refractivity contribution < 1.29 is 4.39 Å². The van der Waals surface area contributed by atoms with Crippen LogP contribution in [0.5, 0.6) is 0 Å². The number of hydrogen-bond donors (Lipinski definition) is 0. The molecule has 1 saturated heterocycles. The second-order valence-corrected chi connectivity index (χ2v) is 7.18. The lowest BCUT2D eigenvalue weighted by Crippen LogP contribution is -2.24. The second kappa shape index (κ2) is 6.71. The lowest BCUT2D eigenvalue weighted by atomic mass is 10.0. The first kappa shape index (κ1) is 16.9. The van der Waals surface area contributed by atoms with Gasteiger partial charge in [-0.05, 0) is 61.7 Å². The normalized spacial score (nSPS) is 16.8. The fourth-order valence-corrected chi connectivity index (χ4v) is 3.98. The Morgan fingerprint density at radius 1 is 1.07 bits per heavy atom. The first-order valence-electron chi connectivity index (χ1n) is 9.50. The van der Waals surface area contributed by atoms with Crippen molar-refractivity contribution in [2.45, 2.75) is 25.8 Å². The van der Waals surface area contributed by atoms with Crippen LogP contribution in [0.25, 0.3) is 17.0 Å². The molecule has 0 amide bonds. The molecule has 1 aliphatic rings. The number of benzene rings is 1. The Labute approximate surface area is 162 Å². The van der Waals surface area contributed by atoms with Crippen LogP contribution in [0.2, 0.25) is 0 Å². The molecule has 1 aromatic carbocycles. The van der Waals surface area contributed by atoms with E-state index in [1.54, 1.807) is 12.1 Å². The Balaban J connectivity index is 1.57. The molecule has 0 unspecified atom stereocenters. The fraction of sp³-hybridized carbons (Fsp3) is 0.227. The van der Waals surface area contributed by atoms with E-state index >= 15 is 0 Å². The zero-order valence-electron chi connectivity index (χ0n) is 15.6. The molecule has 4 heterocycles. The Hall–Kier alpha value is -3.28. The molecular formula is C22H20FN5. The summed E-state index contributed by atoms with van der Waals surface area (Å²) in [5.74, 6) is 0.668. The van der Waals surface area contributed by atoms with Gasteiger partial charge in [0.1, 0.15) is 17.3 Å². The van der Waals surface area contributed by atoms with E-state index in [0.717, 1.165) is 53.5 Å². The number of aryl methyl sites for hydroxylation is 1. The third-order valence-corrected chi connectivity index (χ3v) is 5.28. The van der Waals surface area contributed by atoms with Gasteiger partial charge in [0, 0.05) is 12.2 Å². The van der Waals surface area contributed by atoms with Crippen molar-refractivity contribution >= 4 is 11.5 Å². The molecule has 0 bridgehead atoms. The Kier molecular flexibility index (Phi) is 4.04. The summed E-state index contributed by atoms with van der Waals surface area (Å²) in [6.45, 7) is 2.87. The van der Waals surface area contributed by atoms with E-state index in [1.807, 2.05) is 54.0 Å². The minimum absolute atomic E-state index is 0.129. The highest BCUT2D eigenvalue weighted by Crippen LogP contribution is 2.35. The van der Waals surface area contributed by atoms with E-state index in [1.165, 1.54) is 6.07 Å². The predicted molar refractivity (Wildman–Crippen MR) is 107 cm³/mol. The molecule has 1 fully saturated rings. The fourth-order valence-electron chi connectivity index (χ4n) is 3.98. The average Bonchev–Trinajstić information content (AvgIpc) is 3.34. The number of rotatable bonds is 3. The van der Waals surface area contributed by atoms with Crippen molar-refractivity contribution in [3.63, 3.8) is 0 Å². The molecule has 0 spiro atoms. The van der Waals surface area contributed by atoms with Gasteiger partial charge in [0.05, 0.1) is 17.9 Å². The van der Waals surface area contributed by atoms with Crippen molar-refractivity contribution in [1.82, 2.24) is 19.6 Å². The van der Waals surface area contributed by atoms with Gasteiger partial charge in [-0.25, -0.2) is 13.9 Å². The third-order valence-electron chi connectivity index (χ3n) is 5.28. The predicted octanol–water partition coefficient (Wildman–Crippen LogP) is 4.58. The van der Waals surface area contributed by atoms with Crippen LogP contribution < -0.4 is 4.90 Å². The van der Waals surface area contributed by atoms with Gasteiger partial charge >= 0.3 is 0 Å². The molecule has 28 heavy (non-hydrogen) atoms. The number of fused-ring (bicyclic) bond motifs is 1. The van der Waals surface area contributed by atoms with Crippen LogP contribution in [0.4, 0.5) is 10.2 Å². The van der Waals surface area contributed by atoms with Crippen LogP contribution in [0.1, 0.15) is 30.1 Å². The molecule has 0 N–H and O–H groups in total. The maximum Gasteiger partial charge on any atom is 0.154 e. The number of imidazole rings is 1. The number of pyridine rings is 1. The highest BCUT2D eigenvalue weighted by atomic mass is 19.1. The molecule has 1 aliphatic heterocycles. The summed E-state index contributed by atoms with van der Waals surface area (Å²) in [5.41, 5.74) is 4.44. The topological polar surface area (TPSA) is 46.3 Å². The summed E-state index contributed by atoms with van der Waals surface area (Å²) in [5, 5.41) is 4.87. The van der Waals surface area contributed by atoms with Gasteiger partial charge in [0.25, 0.3) is 0 Å². The number of hydrogen-bond acceptors (Lipinski definition) is 4. The summed E-state index contributed by atoms with van der Waals surface area (Å²) < 4.78 is 15.6. The Morgan fingerprint density at radius 3 is 2.82 bits per heavy atom. The first-order valence-corrected chi connectivity index (χ1v) is 9.50. The van der Waals surface area contributed by atoms with Gasteiger partial charge in [-0.3, -0.25) is 4.98 Å². The zero-order valence-corrected chi connectivity index (χ0v) is 15.6. The highest BCUT2D eigenvalue weighted by Gasteiger charge is 2.28. The van der Waals surface area contributed by atoms with Crippen LogP contribution >= 0.6 is 0 Å². The largest absolute Gasteiger partial charge is 0.348 e. The van der Waals surface area contributed by atoms with E-state index in [0.29, 0.717) is 0 Å². The minimum atomic E-state index is -0.199. The summed E-state index contributed by atoms with van der Waals surface area (Å²) in [6, 6.07) is 16.9. The summed E-state index contributed by atoms with van der Waals surface area (Å²) in [4.78, 5) is 11.3. The lowest BCUT2D eigenvalue weighted by Gasteiger charge is -2.26. The molecule has 5 rings (SSSR count). The summed E-state index contributed by atoms with van der Waals surface area (Å²) in [6.07, 6.45) is 3.85. The van der Waals surface area contributed by atoms with Crippen LogP contribution in [-0.4, -0.2) is 26.1 Å². The number of anilines is 1. The van der Waals surface area contributed by atoms with E-state index in [2.05, 4.69) is 14.9 Å². The van der Waals surface area contributed by atoms with Gasteiger partial charge in [0.15, 0.2) is 5.65 Å². The van der Waals surface area contributed by atoms with E-state index in [4.69, 9.17) is 5.10 Å². The van der Waals surface area contributed by atoms with Crippen LogP contribution in [0.3, 0.4) is 0 Å². The molecule has 140 valence electrons. The van der Waals surface area contributed by atoms with Crippen molar-refractivity contribution in [2.75, 3.05) is 11.4 Å². The highest BCUT2D eigenvalue weighted by molar-refractivity contribution is 5.60. The van der Waals surface area contributed by atoms with E-state index in [-0.39, 0.29) is 11.9 Å². The third kappa shape index (κ3) is 2.91. The number of nitrogens with zero attached hydrogens (tertiary/aromatic N) is 5. The molecule has 4 aromatic rings. The summed E-state index contributed by atoms with van der Waals surface area (Å²) >= 11 is 0. The van der Waals surface area contributed by atoms with Gasteiger partial charge in [-0.15, -0.1) is 5.10 Å². The van der Waals surface area contributed by atoms with E-state index < -0.39 is 0 Å². The minimum Gasteiger partial charge on any atom is -0.348 e. The lowest BCUT2D eigenvalue weighted by molar-refractivity contribution is 0.617. The van der Waals surface area contributed by atoms with Crippen LogP contribution in [0, 0.1) is 12.7 Å². The van der Waals surface area contributed by atoms with Gasteiger partial charge in [-0.1, -0.05) is 18.2 Å². The van der Waals surface area contributed by atoms with Crippen LogP contribution in [0.15, 0.2) is 60.8 Å². The second-order valence-electron chi connectivity index (χ2n) is 7.18. The monoisotopic (exact) mass is 373 g/mol. The van der Waals surface area contributed by atoms with Gasteiger partial charge in [0.2, 0.25) is 0 Å². The molecule has 3 aromatic heterocycles. The van der Waals surface area contributed by atoms with Crippen molar-refractivity contribution in [1.29, 1.82) is 0 Å². The van der Waals surface area contributed by atoms with Crippen molar-refractivity contribution in [3.05, 3.63) is 77.9 Å². The quantitative estimate of drug-likeness (QED) is 0.527. The SMILES string of the molecule is Cc1cccc(-c2cnc3ccc(N4CCC[C@H]4c4cccc(F)c4)nn23)n1. The van der Waals surface area contributed by atoms with Gasteiger partial charge in [-0.2, -0.15) is 0 Å². The molecule has 0 saturated carbocycles. The van der Waals surface area contributed by atoms with Gasteiger partial charge < -0.3 is 4.90 Å². The van der Waals surface area contributed by atoms with E-state index in [9.17, 15) is 4.39 Å². The molecule has 1 atom stereocenters. The standard InChI is InChI=1S/C22H20FN5/c1-15-5-2-8-18(25-15)20-14-24-21-10-11-22(26-28(20)21)27-12-4-9-19(27)16-6-3-7-17(23)13-16/h2-3,5-8,10-11,13-14,19H,4,9,12H2,1H3/t19-/m0/s1. The average molecular weight is 373 g/mol. The number of aromatic nitrogens is 4. The first-order chi connectivity index (χ1) is 13.7. The smallest absolute Gasteiger partial charge is 0.154 e. The maximum atomic E-state index is 13.7. The number of halogens is 1. The Bertz CT molecular complexity index is 1150. The molecule has 5 nitrogen and oxygen atoms in total. The maximum absolute atomic E-state index is 13.7. The molecule has 6 heteroatoms. The Morgan fingerprint density at radius 2 is 1.96 bits per heavy atom. The van der Waals surface area contributed by atoms with Crippen molar-refractivity contribution in [3.8, 4) is 11.4 Å². The van der Waals surface area contributed by atoms with Crippen molar-refractivity contribution in [2.24, 2.45) is 0 Å². The zero-order chi connectivity index (χ0) is 19.1.